The van der Waals surface area contributed by atoms with Gasteiger partial charge in [-0.2, -0.15) is 0 Å². The average Bonchev–Trinajstić information content (AvgIpc) is 2.67. The number of hydrogen-bond donors (Lipinski definition) is 1. The molecule has 0 aliphatic carbocycles. The molecule has 1 N–H and O–H groups in total. The van der Waals surface area contributed by atoms with E-state index in [-0.39, 0.29) is 6.10 Å². The van der Waals surface area contributed by atoms with E-state index < -0.39 is 0 Å². The van der Waals surface area contributed by atoms with Crippen molar-refractivity contribution in [1.29, 1.82) is 0 Å². The quantitative estimate of drug-likeness (QED) is 0.762. The first-order valence-electron chi connectivity index (χ1n) is 4.99. The molecular weight excluding hydrogens is 180 g/mol. The summed E-state index contributed by atoms with van der Waals surface area (Å²) < 4.78 is 5.09. The second-order valence-electron chi connectivity index (χ2n) is 3.98. The van der Waals surface area contributed by atoms with Gasteiger partial charge in [0, 0.05) is 25.2 Å². The number of likely N-dealkylation sites (tertiary alicyclic amines) is 1. The molecule has 0 spiro atoms. The largest absolute Gasteiger partial charge is 0.392 e. The Labute approximate surface area is 83.5 Å². The zero-order valence-corrected chi connectivity index (χ0v) is 8.66. The molecule has 4 heteroatoms. The lowest BCUT2D eigenvalue weighted by Crippen LogP contribution is -2.22. The molecule has 1 fully saturated rings. The third-order valence-electron chi connectivity index (χ3n) is 2.81. The van der Waals surface area contributed by atoms with Crippen molar-refractivity contribution in [3.8, 4) is 0 Å². The summed E-state index contributed by atoms with van der Waals surface area (Å²) in [5.41, 5.74) is 2.13. The predicted octanol–water partition coefficient (Wildman–Crippen LogP) is 0.858. The maximum absolute atomic E-state index is 9.39. The highest BCUT2D eigenvalue weighted by molar-refractivity contribution is 5.20. The molecule has 1 aromatic heterocycles. The van der Waals surface area contributed by atoms with Crippen molar-refractivity contribution in [1.82, 2.24) is 10.1 Å². The number of rotatable bonds is 2. The summed E-state index contributed by atoms with van der Waals surface area (Å²) in [7, 11) is 0. The zero-order valence-electron chi connectivity index (χ0n) is 8.66. The maximum Gasteiger partial charge on any atom is 0.138 e. The van der Waals surface area contributed by atoms with Gasteiger partial charge in [0.05, 0.1) is 11.8 Å². The van der Waals surface area contributed by atoms with Crippen LogP contribution in [0.4, 0.5) is 0 Å². The molecule has 0 saturated carbocycles. The van der Waals surface area contributed by atoms with Crippen LogP contribution in [0.15, 0.2) is 4.52 Å². The van der Waals surface area contributed by atoms with Gasteiger partial charge in [-0.25, -0.2) is 0 Å². The van der Waals surface area contributed by atoms with Gasteiger partial charge in [-0.15, -0.1) is 0 Å². The van der Waals surface area contributed by atoms with Gasteiger partial charge in [-0.05, 0) is 20.3 Å². The van der Waals surface area contributed by atoms with Crippen molar-refractivity contribution >= 4 is 0 Å². The molecule has 14 heavy (non-hydrogen) atoms. The van der Waals surface area contributed by atoms with Gasteiger partial charge in [0.2, 0.25) is 0 Å². The van der Waals surface area contributed by atoms with Gasteiger partial charge in [-0.3, -0.25) is 4.90 Å². The van der Waals surface area contributed by atoms with E-state index in [9.17, 15) is 5.11 Å². The molecule has 0 bridgehead atoms. The Morgan fingerprint density at radius 2 is 2.36 bits per heavy atom. The Morgan fingerprint density at radius 1 is 1.57 bits per heavy atom. The molecule has 1 aromatic rings. The third-order valence-corrected chi connectivity index (χ3v) is 2.81. The minimum absolute atomic E-state index is 0.157. The molecule has 2 heterocycles. The monoisotopic (exact) mass is 196 g/mol. The smallest absolute Gasteiger partial charge is 0.138 e. The molecule has 0 aromatic carbocycles. The maximum atomic E-state index is 9.39. The zero-order chi connectivity index (χ0) is 10.1. The van der Waals surface area contributed by atoms with Crippen molar-refractivity contribution < 1.29 is 9.63 Å². The van der Waals surface area contributed by atoms with Crippen LogP contribution in [0.25, 0.3) is 0 Å². The highest BCUT2D eigenvalue weighted by atomic mass is 16.5. The number of aromatic nitrogens is 1. The number of hydrogen-bond acceptors (Lipinski definition) is 4. The summed E-state index contributed by atoms with van der Waals surface area (Å²) in [6, 6.07) is 0. The van der Waals surface area contributed by atoms with E-state index in [0.717, 1.165) is 37.5 Å². The standard InChI is InChI=1S/C10H16N2O2/c1-7-10(8(2)14-11-7)6-12-4-3-9(13)5-12/h9,13H,3-6H2,1-2H3/t9-/m1/s1. The van der Waals surface area contributed by atoms with Crippen LogP contribution in [-0.2, 0) is 6.54 Å². The van der Waals surface area contributed by atoms with Crippen LogP contribution >= 0.6 is 0 Å². The molecule has 1 atom stereocenters. The van der Waals surface area contributed by atoms with Crippen LogP contribution < -0.4 is 0 Å². The summed E-state index contributed by atoms with van der Waals surface area (Å²) in [4.78, 5) is 2.23. The Hall–Kier alpha value is -0.870. The van der Waals surface area contributed by atoms with Crippen LogP contribution in [0, 0.1) is 13.8 Å². The van der Waals surface area contributed by atoms with E-state index >= 15 is 0 Å². The van der Waals surface area contributed by atoms with Gasteiger partial charge in [0.1, 0.15) is 5.76 Å². The third kappa shape index (κ3) is 1.81. The molecule has 4 nitrogen and oxygen atoms in total. The normalized spacial score (nSPS) is 23.2. The first-order chi connectivity index (χ1) is 6.66. The highest BCUT2D eigenvalue weighted by Gasteiger charge is 2.22. The summed E-state index contributed by atoms with van der Waals surface area (Å²) >= 11 is 0. The number of aryl methyl sites for hydroxylation is 2. The number of nitrogens with zero attached hydrogens (tertiary/aromatic N) is 2. The molecule has 0 radical (unpaired) electrons. The molecular formula is C10H16N2O2. The van der Waals surface area contributed by atoms with E-state index in [4.69, 9.17) is 4.52 Å². The molecule has 1 aliphatic rings. The van der Waals surface area contributed by atoms with Crippen LogP contribution in [-0.4, -0.2) is 34.4 Å². The van der Waals surface area contributed by atoms with E-state index in [1.165, 1.54) is 5.56 Å². The lowest BCUT2D eigenvalue weighted by atomic mass is 10.2. The second kappa shape index (κ2) is 3.71. The number of aliphatic hydroxyl groups excluding tert-OH is 1. The Morgan fingerprint density at radius 3 is 2.86 bits per heavy atom. The first kappa shape index (κ1) is 9.68. The van der Waals surface area contributed by atoms with Crippen molar-refractivity contribution in [2.24, 2.45) is 0 Å². The molecule has 0 amide bonds. The Kier molecular flexibility index (Phi) is 2.56. The fraction of sp³-hybridized carbons (Fsp3) is 0.700. The van der Waals surface area contributed by atoms with Gasteiger partial charge < -0.3 is 9.63 Å². The minimum atomic E-state index is -0.157. The number of β-amino-alcohol motifs (C(OH)–C–C–N with tert-alkyl or cyclic N) is 1. The molecule has 2 rings (SSSR count). The summed E-state index contributed by atoms with van der Waals surface area (Å²) in [6.45, 7) is 6.47. The Bertz CT molecular complexity index is 302. The molecule has 78 valence electrons. The second-order valence-corrected chi connectivity index (χ2v) is 3.98. The van der Waals surface area contributed by atoms with Crippen molar-refractivity contribution in [3.63, 3.8) is 0 Å². The Balaban J connectivity index is 2.04. The minimum Gasteiger partial charge on any atom is -0.392 e. The van der Waals surface area contributed by atoms with E-state index in [1.54, 1.807) is 0 Å². The predicted molar refractivity (Wildman–Crippen MR) is 51.9 cm³/mol. The number of aliphatic hydroxyl groups is 1. The molecule has 1 aliphatic heterocycles. The lowest BCUT2D eigenvalue weighted by molar-refractivity contribution is 0.174. The van der Waals surface area contributed by atoms with Crippen molar-refractivity contribution in [2.75, 3.05) is 13.1 Å². The fourth-order valence-corrected chi connectivity index (χ4v) is 1.91. The van der Waals surface area contributed by atoms with Gasteiger partial charge in [-0.1, -0.05) is 5.16 Å². The topological polar surface area (TPSA) is 49.5 Å². The van der Waals surface area contributed by atoms with Crippen LogP contribution in [0.1, 0.15) is 23.4 Å². The van der Waals surface area contributed by atoms with Crippen LogP contribution in [0.3, 0.4) is 0 Å². The van der Waals surface area contributed by atoms with Crippen molar-refractivity contribution in [3.05, 3.63) is 17.0 Å². The summed E-state index contributed by atoms with van der Waals surface area (Å²) in [5, 5.41) is 13.3. The molecule has 0 unspecified atom stereocenters. The molecule has 1 saturated heterocycles. The van der Waals surface area contributed by atoms with E-state index in [1.807, 2.05) is 13.8 Å². The van der Waals surface area contributed by atoms with Gasteiger partial charge in [0.15, 0.2) is 0 Å². The van der Waals surface area contributed by atoms with Gasteiger partial charge in [0.25, 0.3) is 0 Å². The average molecular weight is 196 g/mol. The summed E-state index contributed by atoms with van der Waals surface area (Å²) in [6.07, 6.45) is 0.721. The lowest BCUT2D eigenvalue weighted by Gasteiger charge is -2.13. The summed E-state index contributed by atoms with van der Waals surface area (Å²) in [5.74, 6) is 0.892. The fourth-order valence-electron chi connectivity index (χ4n) is 1.91. The SMILES string of the molecule is Cc1noc(C)c1CN1CC[C@@H](O)C1. The van der Waals surface area contributed by atoms with Crippen LogP contribution in [0.5, 0.6) is 0 Å². The van der Waals surface area contributed by atoms with E-state index in [0.29, 0.717) is 0 Å². The highest BCUT2D eigenvalue weighted by Crippen LogP contribution is 2.18. The van der Waals surface area contributed by atoms with Crippen LogP contribution in [0.2, 0.25) is 0 Å². The first-order valence-corrected chi connectivity index (χ1v) is 4.99. The van der Waals surface area contributed by atoms with Gasteiger partial charge >= 0.3 is 0 Å². The van der Waals surface area contributed by atoms with Crippen molar-refractivity contribution in [2.45, 2.75) is 32.9 Å². The van der Waals surface area contributed by atoms with E-state index in [2.05, 4.69) is 10.1 Å².